The highest BCUT2D eigenvalue weighted by Crippen LogP contribution is 2.59. The zero-order valence-electron chi connectivity index (χ0n) is 26.0. The van der Waals surface area contributed by atoms with Crippen LogP contribution in [0.15, 0.2) is 0 Å². The number of hydrogen-bond acceptors (Lipinski definition) is 0. The van der Waals surface area contributed by atoms with Crippen LogP contribution in [-0.4, -0.2) is 0 Å². The van der Waals surface area contributed by atoms with Gasteiger partial charge in [-0.3, -0.25) is 0 Å². The zero-order valence-corrected chi connectivity index (χ0v) is 26.0. The van der Waals surface area contributed by atoms with Gasteiger partial charge in [0.1, 0.15) is 0 Å². The topological polar surface area (TPSA) is 0 Å². The van der Waals surface area contributed by atoms with Crippen molar-refractivity contribution in [3.63, 3.8) is 0 Å². The molecular weight excluding hydrogens is 432 g/mol. The molecule has 0 aliphatic heterocycles. The molecule has 0 aromatic carbocycles. The maximum atomic E-state index is 2.74. The first-order valence-corrected chi connectivity index (χ1v) is 17.4. The lowest BCUT2D eigenvalue weighted by Gasteiger charge is -2.47. The summed E-state index contributed by atoms with van der Waals surface area (Å²) >= 11 is 0. The van der Waals surface area contributed by atoms with Gasteiger partial charge in [-0.2, -0.15) is 0 Å². The fourth-order valence-corrected chi connectivity index (χ4v) is 9.68. The fourth-order valence-electron chi connectivity index (χ4n) is 9.68. The molecule has 0 spiro atoms. The molecule has 3 aliphatic carbocycles. The lowest BCUT2D eigenvalue weighted by molar-refractivity contribution is 0.0345. The molecule has 3 fully saturated rings. The monoisotopic (exact) mass is 501 g/mol. The summed E-state index contributed by atoms with van der Waals surface area (Å²) in [7, 11) is 0. The highest BCUT2D eigenvalue weighted by Gasteiger charge is 2.48. The second-order valence-corrected chi connectivity index (χ2v) is 14.8. The summed E-state index contributed by atoms with van der Waals surface area (Å²) in [5.41, 5.74) is 1.25. The second kappa shape index (κ2) is 15.0. The lowest BCUT2D eigenvalue weighted by Crippen LogP contribution is -2.37. The molecule has 0 heteroatoms. The molecule has 36 heavy (non-hydrogen) atoms. The summed E-state index contributed by atoms with van der Waals surface area (Å²) in [5.74, 6) is 6.03. The molecule has 3 rings (SSSR count). The minimum absolute atomic E-state index is 0.604. The Kier molecular flexibility index (Phi) is 12.7. The van der Waals surface area contributed by atoms with Crippen molar-refractivity contribution in [2.45, 2.75) is 183 Å². The zero-order chi connectivity index (χ0) is 26.0. The average Bonchev–Trinajstić information content (AvgIpc) is 3.20. The van der Waals surface area contributed by atoms with Gasteiger partial charge in [-0.25, -0.2) is 0 Å². The molecule has 0 N–H and O–H groups in total. The Morgan fingerprint density at radius 2 is 1.47 bits per heavy atom. The van der Waals surface area contributed by atoms with Crippen LogP contribution in [0.2, 0.25) is 0 Å². The first kappa shape index (κ1) is 30.5. The van der Waals surface area contributed by atoms with Crippen molar-refractivity contribution in [3.8, 4) is 0 Å². The van der Waals surface area contributed by atoms with Gasteiger partial charge in [0.15, 0.2) is 0 Å². The Balaban J connectivity index is 1.83. The van der Waals surface area contributed by atoms with E-state index in [1.165, 1.54) is 89.9 Å². The highest BCUT2D eigenvalue weighted by atomic mass is 14.5. The predicted octanol–water partition coefficient (Wildman–Crippen LogP) is 12.4. The third-order valence-electron chi connectivity index (χ3n) is 12.5. The quantitative estimate of drug-likeness (QED) is 0.146. The molecule has 0 radical (unpaired) electrons. The van der Waals surface area contributed by atoms with Gasteiger partial charge in [0.25, 0.3) is 0 Å². The molecule has 3 aliphatic rings. The maximum Gasteiger partial charge on any atom is -0.0269 e. The molecule has 7 atom stereocenters. The van der Waals surface area contributed by atoms with Crippen LogP contribution >= 0.6 is 0 Å². The summed E-state index contributed by atoms with van der Waals surface area (Å²) < 4.78 is 0. The molecule has 0 amide bonds. The Bertz CT molecular complexity index is 589. The Labute approximate surface area is 228 Å². The van der Waals surface area contributed by atoms with Crippen LogP contribution < -0.4 is 0 Å². The van der Waals surface area contributed by atoms with Gasteiger partial charge in [0, 0.05) is 0 Å². The van der Waals surface area contributed by atoms with E-state index in [2.05, 4.69) is 41.5 Å². The van der Waals surface area contributed by atoms with Crippen molar-refractivity contribution >= 4 is 0 Å². The van der Waals surface area contributed by atoms with Crippen LogP contribution in [0.1, 0.15) is 183 Å². The molecule has 0 bridgehead atoms. The van der Waals surface area contributed by atoms with Crippen molar-refractivity contribution in [1.29, 1.82) is 0 Å². The van der Waals surface area contributed by atoms with Gasteiger partial charge in [-0.05, 0) is 104 Å². The summed E-state index contributed by atoms with van der Waals surface area (Å²) in [6.45, 7) is 15.2. The van der Waals surface area contributed by atoms with E-state index in [4.69, 9.17) is 0 Å². The Hall–Kier alpha value is 0. The largest absolute Gasteiger partial charge is 0.0654 e. The van der Waals surface area contributed by atoms with Crippen LogP contribution in [0, 0.1) is 46.3 Å². The van der Waals surface area contributed by atoms with Gasteiger partial charge in [0.2, 0.25) is 0 Å². The van der Waals surface area contributed by atoms with E-state index in [0.717, 1.165) is 35.5 Å². The summed E-state index contributed by atoms with van der Waals surface area (Å²) in [5, 5.41) is 0. The molecule has 0 saturated heterocycles. The Morgan fingerprint density at radius 3 is 2.03 bits per heavy atom. The van der Waals surface area contributed by atoms with E-state index in [-0.39, 0.29) is 0 Å². The molecule has 3 saturated carbocycles. The van der Waals surface area contributed by atoms with Crippen LogP contribution in [0.25, 0.3) is 0 Å². The van der Waals surface area contributed by atoms with E-state index in [0.29, 0.717) is 10.8 Å². The molecular formula is C36H68. The molecule has 0 nitrogen and oxygen atoms in total. The molecule has 0 heterocycles. The van der Waals surface area contributed by atoms with Crippen LogP contribution in [0.3, 0.4) is 0 Å². The van der Waals surface area contributed by atoms with Crippen molar-refractivity contribution in [1.82, 2.24) is 0 Å². The van der Waals surface area contributed by atoms with Gasteiger partial charge in [0.05, 0.1) is 0 Å². The highest BCUT2D eigenvalue weighted by molar-refractivity contribution is 4.99. The predicted molar refractivity (Wildman–Crippen MR) is 161 cm³/mol. The van der Waals surface area contributed by atoms with Crippen LogP contribution in [0.4, 0.5) is 0 Å². The number of hydrogen-bond donors (Lipinski definition) is 0. The number of unbranched alkanes of at least 4 members (excludes halogenated alkanes) is 5. The van der Waals surface area contributed by atoms with Gasteiger partial charge < -0.3 is 0 Å². The maximum absolute atomic E-state index is 2.74. The van der Waals surface area contributed by atoms with Crippen molar-refractivity contribution in [3.05, 3.63) is 0 Å². The summed E-state index contributed by atoms with van der Waals surface area (Å²) in [6, 6.07) is 0. The van der Waals surface area contributed by atoms with Crippen molar-refractivity contribution in [2.24, 2.45) is 46.3 Å². The van der Waals surface area contributed by atoms with E-state index in [9.17, 15) is 0 Å². The second-order valence-electron chi connectivity index (χ2n) is 14.8. The van der Waals surface area contributed by atoms with Crippen LogP contribution in [0.5, 0.6) is 0 Å². The smallest absolute Gasteiger partial charge is 0.0269 e. The van der Waals surface area contributed by atoms with Gasteiger partial charge in [-0.1, -0.05) is 125 Å². The van der Waals surface area contributed by atoms with Gasteiger partial charge in [-0.15, -0.1) is 0 Å². The van der Waals surface area contributed by atoms with Crippen molar-refractivity contribution in [2.75, 3.05) is 0 Å². The normalized spacial score (nSPS) is 35.3. The minimum atomic E-state index is 0.604. The van der Waals surface area contributed by atoms with E-state index in [1.807, 2.05) is 0 Å². The summed E-state index contributed by atoms with van der Waals surface area (Å²) in [4.78, 5) is 0. The lowest BCUT2D eigenvalue weighted by atomic mass is 9.58. The van der Waals surface area contributed by atoms with Crippen molar-refractivity contribution < 1.29 is 0 Å². The fraction of sp³-hybridized carbons (Fsp3) is 1.00. The molecule has 212 valence electrons. The van der Waals surface area contributed by atoms with E-state index in [1.54, 1.807) is 51.4 Å². The molecule has 0 aromatic rings. The standard InChI is InChI=1S/C36H68/c1-7-11-13-15-23-35(22-14-12-8-2)27-34(32-17-16-18-32)21-24-36(10-4,28-35)30(6)26-31(9-3)33-20-19-29(5)25-33/h29-34H,7-28H2,1-6H3. The third kappa shape index (κ3) is 8.01. The SMILES string of the molecule is CCCCCCC1(CCCCC)CC(C2CCC2)CCC(CC)(C(C)CC(CC)C2CCC(C)C2)C1. The van der Waals surface area contributed by atoms with Crippen LogP contribution in [-0.2, 0) is 0 Å². The average molecular weight is 501 g/mol. The van der Waals surface area contributed by atoms with E-state index < -0.39 is 0 Å². The first-order chi connectivity index (χ1) is 17.4. The number of rotatable bonds is 16. The van der Waals surface area contributed by atoms with Gasteiger partial charge >= 0.3 is 0 Å². The van der Waals surface area contributed by atoms with E-state index >= 15 is 0 Å². The molecule has 0 aromatic heterocycles. The third-order valence-corrected chi connectivity index (χ3v) is 12.5. The summed E-state index contributed by atoms with van der Waals surface area (Å²) in [6.07, 6.45) is 33.1. The Morgan fingerprint density at radius 1 is 0.778 bits per heavy atom. The first-order valence-electron chi connectivity index (χ1n) is 17.4. The minimum Gasteiger partial charge on any atom is -0.0654 e. The molecule has 7 unspecified atom stereocenters.